The highest BCUT2D eigenvalue weighted by atomic mass is 32.1. The summed E-state index contributed by atoms with van der Waals surface area (Å²) in [5.74, 6) is 0.580. The SMILES string of the molecule is CCOCCn1c(=NC(=O)C(C)C)sc2cc(OC)ccc21. The van der Waals surface area contributed by atoms with E-state index in [1.807, 2.05) is 43.5 Å². The minimum Gasteiger partial charge on any atom is -0.497 e. The number of rotatable bonds is 6. The van der Waals surface area contributed by atoms with E-state index in [0.717, 1.165) is 16.0 Å². The molecule has 1 heterocycles. The van der Waals surface area contributed by atoms with Crippen molar-refractivity contribution in [3.63, 3.8) is 0 Å². The Balaban J connectivity index is 2.51. The van der Waals surface area contributed by atoms with E-state index in [9.17, 15) is 4.79 Å². The quantitative estimate of drug-likeness (QED) is 0.769. The third-order valence-corrected chi connectivity index (χ3v) is 4.29. The predicted octanol–water partition coefficient (Wildman–Crippen LogP) is 2.83. The van der Waals surface area contributed by atoms with E-state index in [-0.39, 0.29) is 11.8 Å². The van der Waals surface area contributed by atoms with Gasteiger partial charge in [-0.3, -0.25) is 4.79 Å². The van der Waals surface area contributed by atoms with Gasteiger partial charge in [0.1, 0.15) is 5.75 Å². The summed E-state index contributed by atoms with van der Waals surface area (Å²) in [5.41, 5.74) is 1.04. The van der Waals surface area contributed by atoms with Gasteiger partial charge in [0.05, 0.1) is 23.9 Å². The van der Waals surface area contributed by atoms with Crippen molar-refractivity contribution < 1.29 is 14.3 Å². The lowest BCUT2D eigenvalue weighted by atomic mass is 10.2. The Bertz CT molecular complexity index is 716. The maximum absolute atomic E-state index is 12.0. The van der Waals surface area contributed by atoms with E-state index in [1.165, 1.54) is 11.3 Å². The molecule has 0 radical (unpaired) electrons. The summed E-state index contributed by atoms with van der Waals surface area (Å²) >= 11 is 1.50. The molecule has 1 aromatic carbocycles. The van der Waals surface area contributed by atoms with Gasteiger partial charge in [0.2, 0.25) is 0 Å². The van der Waals surface area contributed by atoms with Crippen molar-refractivity contribution in [1.29, 1.82) is 0 Å². The zero-order valence-electron chi connectivity index (χ0n) is 13.5. The number of thiazole rings is 1. The van der Waals surface area contributed by atoms with Crippen molar-refractivity contribution in [3.05, 3.63) is 23.0 Å². The average Bonchev–Trinajstić information content (AvgIpc) is 2.84. The number of ether oxygens (including phenoxy) is 2. The van der Waals surface area contributed by atoms with Gasteiger partial charge in [-0.25, -0.2) is 0 Å². The summed E-state index contributed by atoms with van der Waals surface area (Å²) in [6.07, 6.45) is 0. The maximum Gasteiger partial charge on any atom is 0.250 e. The third kappa shape index (κ3) is 3.75. The molecule has 1 amide bonds. The minimum atomic E-state index is -0.111. The molecule has 0 spiro atoms. The number of methoxy groups -OCH3 is 1. The fourth-order valence-electron chi connectivity index (χ4n) is 2.01. The van der Waals surface area contributed by atoms with Crippen LogP contribution in [-0.2, 0) is 16.1 Å². The van der Waals surface area contributed by atoms with Crippen LogP contribution in [0, 0.1) is 5.92 Å². The second-order valence-corrected chi connectivity index (χ2v) is 6.18. The molecule has 6 heteroatoms. The van der Waals surface area contributed by atoms with Crippen molar-refractivity contribution in [3.8, 4) is 5.75 Å². The third-order valence-electron chi connectivity index (χ3n) is 3.25. The second-order valence-electron chi connectivity index (χ2n) is 5.17. The van der Waals surface area contributed by atoms with Crippen molar-refractivity contribution in [2.45, 2.75) is 27.3 Å². The van der Waals surface area contributed by atoms with Gasteiger partial charge in [-0.2, -0.15) is 4.99 Å². The maximum atomic E-state index is 12.0. The molecule has 1 aromatic heterocycles. The zero-order chi connectivity index (χ0) is 16.1. The molecule has 0 aliphatic rings. The van der Waals surface area contributed by atoms with Crippen LogP contribution in [0.2, 0.25) is 0 Å². The number of carbonyl (C=O) groups excluding carboxylic acids is 1. The highest BCUT2D eigenvalue weighted by Gasteiger charge is 2.10. The summed E-state index contributed by atoms with van der Waals surface area (Å²) in [6, 6.07) is 5.88. The van der Waals surface area contributed by atoms with E-state index in [1.54, 1.807) is 7.11 Å². The fraction of sp³-hybridized carbons (Fsp3) is 0.500. The van der Waals surface area contributed by atoms with Crippen LogP contribution >= 0.6 is 11.3 Å². The topological polar surface area (TPSA) is 52.8 Å². The minimum absolute atomic E-state index is 0.108. The number of carbonyl (C=O) groups is 1. The number of nitrogens with zero attached hydrogens (tertiary/aromatic N) is 2. The molecule has 0 aliphatic heterocycles. The first-order chi connectivity index (χ1) is 10.6. The first kappa shape index (κ1) is 16.7. The van der Waals surface area contributed by atoms with E-state index in [0.29, 0.717) is 24.6 Å². The van der Waals surface area contributed by atoms with E-state index < -0.39 is 0 Å². The molecule has 0 atom stereocenters. The number of amides is 1. The molecule has 5 nitrogen and oxygen atoms in total. The van der Waals surface area contributed by atoms with Gasteiger partial charge in [0, 0.05) is 19.1 Å². The smallest absolute Gasteiger partial charge is 0.250 e. The fourth-order valence-corrected chi connectivity index (χ4v) is 3.10. The molecule has 0 bridgehead atoms. The Morgan fingerprint density at radius 1 is 1.41 bits per heavy atom. The van der Waals surface area contributed by atoms with Gasteiger partial charge >= 0.3 is 0 Å². The molecule has 0 saturated heterocycles. The summed E-state index contributed by atoms with van der Waals surface area (Å²) in [6.45, 7) is 7.61. The Morgan fingerprint density at radius 3 is 2.82 bits per heavy atom. The molecular weight excluding hydrogens is 300 g/mol. The van der Waals surface area contributed by atoms with Crippen molar-refractivity contribution >= 4 is 27.5 Å². The van der Waals surface area contributed by atoms with Crippen LogP contribution in [0.4, 0.5) is 0 Å². The molecule has 2 aromatic rings. The van der Waals surface area contributed by atoms with Crippen LogP contribution in [0.1, 0.15) is 20.8 Å². The lowest BCUT2D eigenvalue weighted by molar-refractivity contribution is -0.120. The molecule has 22 heavy (non-hydrogen) atoms. The van der Waals surface area contributed by atoms with Crippen LogP contribution in [0.3, 0.4) is 0 Å². The second kappa shape index (κ2) is 7.56. The van der Waals surface area contributed by atoms with Crippen LogP contribution in [0.5, 0.6) is 5.75 Å². The van der Waals surface area contributed by atoms with Gasteiger partial charge in [0.15, 0.2) is 4.80 Å². The standard InChI is InChI=1S/C16H22N2O3S/c1-5-21-9-8-18-13-7-6-12(20-4)10-14(13)22-16(18)17-15(19)11(2)3/h6-7,10-11H,5,8-9H2,1-4H3. The average molecular weight is 322 g/mol. The highest BCUT2D eigenvalue weighted by Crippen LogP contribution is 2.23. The first-order valence-corrected chi connectivity index (χ1v) is 8.22. The number of aromatic nitrogens is 1. The molecule has 0 aliphatic carbocycles. The lowest BCUT2D eigenvalue weighted by Gasteiger charge is -2.06. The Morgan fingerprint density at radius 2 is 2.18 bits per heavy atom. The van der Waals surface area contributed by atoms with Gasteiger partial charge in [-0.05, 0) is 25.1 Å². The van der Waals surface area contributed by atoms with Crippen LogP contribution < -0.4 is 9.54 Å². The van der Waals surface area contributed by atoms with E-state index in [2.05, 4.69) is 4.99 Å². The molecule has 0 N–H and O–H groups in total. The molecule has 0 saturated carbocycles. The molecule has 2 rings (SSSR count). The van der Waals surface area contributed by atoms with Gasteiger partial charge in [-0.1, -0.05) is 25.2 Å². The highest BCUT2D eigenvalue weighted by molar-refractivity contribution is 7.16. The van der Waals surface area contributed by atoms with Gasteiger partial charge in [0.25, 0.3) is 5.91 Å². The molecule has 0 unspecified atom stereocenters. The summed E-state index contributed by atoms with van der Waals surface area (Å²) < 4.78 is 13.8. The summed E-state index contributed by atoms with van der Waals surface area (Å²) in [5, 5.41) is 0. The molecule has 120 valence electrons. The first-order valence-electron chi connectivity index (χ1n) is 7.40. The largest absolute Gasteiger partial charge is 0.497 e. The monoisotopic (exact) mass is 322 g/mol. The number of benzene rings is 1. The van der Waals surface area contributed by atoms with Crippen LogP contribution in [0.25, 0.3) is 10.2 Å². The lowest BCUT2D eigenvalue weighted by Crippen LogP contribution is -2.20. The summed E-state index contributed by atoms with van der Waals surface area (Å²) in [4.78, 5) is 17.0. The van der Waals surface area contributed by atoms with Crippen LogP contribution in [-0.4, -0.2) is 30.8 Å². The van der Waals surface area contributed by atoms with Gasteiger partial charge in [-0.15, -0.1) is 0 Å². The van der Waals surface area contributed by atoms with Crippen molar-refractivity contribution in [1.82, 2.24) is 4.57 Å². The Labute approximate surface area is 134 Å². The zero-order valence-corrected chi connectivity index (χ0v) is 14.3. The van der Waals surface area contributed by atoms with Gasteiger partial charge < -0.3 is 14.0 Å². The van der Waals surface area contributed by atoms with Crippen molar-refractivity contribution in [2.24, 2.45) is 10.9 Å². The van der Waals surface area contributed by atoms with E-state index in [4.69, 9.17) is 9.47 Å². The van der Waals surface area contributed by atoms with Crippen molar-refractivity contribution in [2.75, 3.05) is 20.3 Å². The molecular formula is C16H22N2O3S. The summed E-state index contributed by atoms with van der Waals surface area (Å²) in [7, 11) is 1.64. The Kier molecular flexibility index (Phi) is 5.74. The molecule has 0 fully saturated rings. The predicted molar refractivity (Wildman–Crippen MR) is 88.3 cm³/mol. The Hall–Kier alpha value is -1.66. The van der Waals surface area contributed by atoms with Crippen LogP contribution in [0.15, 0.2) is 23.2 Å². The number of fused-ring (bicyclic) bond motifs is 1. The number of hydrogen-bond donors (Lipinski definition) is 0. The normalized spacial score (nSPS) is 12.3. The number of hydrogen-bond acceptors (Lipinski definition) is 4. The van der Waals surface area contributed by atoms with E-state index >= 15 is 0 Å².